The summed E-state index contributed by atoms with van der Waals surface area (Å²) in [5.41, 5.74) is 0.320. The van der Waals surface area contributed by atoms with Crippen LogP contribution in [0.15, 0.2) is 22.7 Å². The Morgan fingerprint density at radius 1 is 1.45 bits per heavy atom. The molecule has 0 saturated carbocycles. The number of phenolic OH excluding ortho intramolecular Hbond substituents is 1. The summed E-state index contributed by atoms with van der Waals surface area (Å²) in [6, 6.07) is 4.50. The molecule has 1 aliphatic heterocycles. The lowest BCUT2D eigenvalue weighted by Gasteiger charge is -2.31. The van der Waals surface area contributed by atoms with E-state index in [0.717, 1.165) is 0 Å². The maximum absolute atomic E-state index is 12.3. The molecule has 1 fully saturated rings. The second-order valence-corrected chi connectivity index (χ2v) is 7.47. The number of hydrogen-bond donors (Lipinski definition) is 2. The topological polar surface area (TPSA) is 101 Å². The summed E-state index contributed by atoms with van der Waals surface area (Å²) in [5.74, 6) is -0.336. The Hall–Kier alpha value is -1.12. The van der Waals surface area contributed by atoms with Crippen LogP contribution in [0.5, 0.6) is 5.75 Å². The maximum atomic E-state index is 12.3. The monoisotopic (exact) mass is 362 g/mol. The van der Waals surface area contributed by atoms with Crippen LogP contribution in [0.2, 0.25) is 0 Å². The van der Waals surface area contributed by atoms with E-state index in [2.05, 4.69) is 15.9 Å². The molecule has 1 heterocycles. The summed E-state index contributed by atoms with van der Waals surface area (Å²) in [5, 5.41) is 14.0. The first-order chi connectivity index (χ1) is 9.29. The van der Waals surface area contributed by atoms with Gasteiger partial charge in [0.1, 0.15) is 5.75 Å². The molecule has 2 rings (SSSR count). The van der Waals surface area contributed by atoms with Crippen molar-refractivity contribution in [2.75, 3.05) is 13.1 Å². The third kappa shape index (κ3) is 3.31. The molecule has 110 valence electrons. The first-order valence-corrected chi connectivity index (χ1v) is 8.48. The van der Waals surface area contributed by atoms with E-state index in [-0.39, 0.29) is 18.2 Å². The Morgan fingerprint density at radius 3 is 2.75 bits per heavy atom. The average Bonchev–Trinajstić information content (AvgIpc) is 2.40. The highest BCUT2D eigenvalue weighted by molar-refractivity contribution is 9.10. The molecule has 0 spiro atoms. The Labute approximate surface area is 125 Å². The number of nitrogens with two attached hydrogens (primary N) is 1. The van der Waals surface area contributed by atoms with Crippen LogP contribution < -0.4 is 5.14 Å². The van der Waals surface area contributed by atoms with Gasteiger partial charge in [-0.3, -0.25) is 4.79 Å². The number of rotatable bonds is 2. The highest BCUT2D eigenvalue weighted by Crippen LogP contribution is 2.26. The second-order valence-electron chi connectivity index (χ2n) is 4.77. The molecule has 0 bridgehead atoms. The highest BCUT2D eigenvalue weighted by atomic mass is 79.9. The zero-order valence-electron chi connectivity index (χ0n) is 10.6. The molecule has 8 heteroatoms. The molecule has 0 aliphatic carbocycles. The molecule has 1 saturated heterocycles. The molecule has 1 aromatic rings. The largest absolute Gasteiger partial charge is 0.507 e. The molecule has 20 heavy (non-hydrogen) atoms. The molecular formula is C12H15BrN2O4S. The minimum atomic E-state index is -3.64. The van der Waals surface area contributed by atoms with Crippen molar-refractivity contribution in [1.82, 2.24) is 4.90 Å². The van der Waals surface area contributed by atoms with Crippen molar-refractivity contribution in [3.63, 3.8) is 0 Å². The molecule has 1 atom stereocenters. The van der Waals surface area contributed by atoms with Crippen molar-refractivity contribution in [3.8, 4) is 5.75 Å². The van der Waals surface area contributed by atoms with E-state index in [1.807, 2.05) is 0 Å². The Balaban J connectivity index is 2.18. The normalized spacial score (nSPS) is 19.9. The molecule has 1 amide bonds. The van der Waals surface area contributed by atoms with Crippen LogP contribution in [0.25, 0.3) is 0 Å². The van der Waals surface area contributed by atoms with E-state index in [4.69, 9.17) is 5.14 Å². The van der Waals surface area contributed by atoms with Gasteiger partial charge >= 0.3 is 0 Å². The lowest BCUT2D eigenvalue weighted by atomic mass is 10.1. The van der Waals surface area contributed by atoms with E-state index < -0.39 is 15.3 Å². The number of piperidine rings is 1. The maximum Gasteiger partial charge on any atom is 0.254 e. The SMILES string of the molecule is NS(=O)(=O)C1CCCN(C(=O)c2ccc(Br)c(O)c2)C1. The fourth-order valence-electron chi connectivity index (χ4n) is 2.22. The van der Waals surface area contributed by atoms with Gasteiger partial charge in [-0.05, 0) is 47.0 Å². The zero-order valence-corrected chi connectivity index (χ0v) is 13.0. The lowest BCUT2D eigenvalue weighted by Crippen LogP contribution is -2.47. The summed E-state index contributed by atoms with van der Waals surface area (Å²) in [6.45, 7) is 0.580. The van der Waals surface area contributed by atoms with Crippen LogP contribution in [0.4, 0.5) is 0 Å². The van der Waals surface area contributed by atoms with Crippen LogP contribution in [-0.4, -0.2) is 42.7 Å². The second kappa shape index (κ2) is 5.71. The van der Waals surface area contributed by atoms with Gasteiger partial charge in [0.05, 0.1) is 9.72 Å². The van der Waals surface area contributed by atoms with Crippen LogP contribution >= 0.6 is 15.9 Å². The third-order valence-corrected chi connectivity index (χ3v) is 5.31. The number of aromatic hydroxyl groups is 1. The molecule has 3 N–H and O–H groups in total. The summed E-state index contributed by atoms with van der Waals surface area (Å²) in [6.07, 6.45) is 1.06. The number of nitrogens with zero attached hydrogens (tertiary/aromatic N) is 1. The van der Waals surface area contributed by atoms with Gasteiger partial charge in [-0.15, -0.1) is 0 Å². The highest BCUT2D eigenvalue weighted by Gasteiger charge is 2.30. The van der Waals surface area contributed by atoms with Crippen molar-refractivity contribution in [2.24, 2.45) is 5.14 Å². The summed E-state index contributed by atoms with van der Waals surface area (Å²) < 4.78 is 23.3. The molecular weight excluding hydrogens is 348 g/mol. The average molecular weight is 363 g/mol. The van der Waals surface area contributed by atoms with Crippen molar-refractivity contribution in [1.29, 1.82) is 0 Å². The minimum Gasteiger partial charge on any atom is -0.507 e. The summed E-state index contributed by atoms with van der Waals surface area (Å²) in [7, 11) is -3.64. The van der Waals surface area contributed by atoms with Gasteiger partial charge in [-0.2, -0.15) is 0 Å². The minimum absolute atomic E-state index is 0.0316. The van der Waals surface area contributed by atoms with Gasteiger partial charge in [0.2, 0.25) is 10.0 Å². The van der Waals surface area contributed by atoms with Gasteiger partial charge in [-0.25, -0.2) is 13.6 Å². The molecule has 1 unspecified atom stereocenters. The Bertz CT molecular complexity index is 632. The summed E-state index contributed by atoms with van der Waals surface area (Å²) in [4.78, 5) is 13.8. The fourth-order valence-corrected chi connectivity index (χ4v) is 3.35. The first-order valence-electron chi connectivity index (χ1n) is 6.08. The van der Waals surface area contributed by atoms with Crippen molar-refractivity contribution < 1.29 is 18.3 Å². The molecule has 1 aliphatic rings. The predicted molar refractivity (Wildman–Crippen MR) is 77.8 cm³/mol. The third-order valence-electron chi connectivity index (χ3n) is 3.32. The standard InChI is InChI=1S/C12H15BrN2O4S/c13-10-4-3-8(6-11(10)16)12(17)15-5-1-2-9(7-15)20(14,18)19/h3-4,6,9,16H,1-2,5,7H2,(H2,14,18,19). The van der Waals surface area contributed by atoms with E-state index in [9.17, 15) is 18.3 Å². The Morgan fingerprint density at radius 2 is 2.15 bits per heavy atom. The molecule has 1 aromatic carbocycles. The summed E-state index contributed by atoms with van der Waals surface area (Å²) >= 11 is 3.14. The van der Waals surface area contributed by atoms with E-state index in [1.54, 1.807) is 12.1 Å². The van der Waals surface area contributed by atoms with Gasteiger partial charge in [0.25, 0.3) is 5.91 Å². The van der Waals surface area contributed by atoms with Crippen LogP contribution in [0.3, 0.4) is 0 Å². The van der Waals surface area contributed by atoms with Crippen molar-refractivity contribution in [3.05, 3.63) is 28.2 Å². The number of carbonyl (C=O) groups excluding carboxylic acids is 1. The zero-order chi connectivity index (χ0) is 14.9. The molecule has 0 radical (unpaired) electrons. The van der Waals surface area contributed by atoms with Crippen molar-refractivity contribution in [2.45, 2.75) is 18.1 Å². The van der Waals surface area contributed by atoms with E-state index >= 15 is 0 Å². The molecule has 0 aromatic heterocycles. The van der Waals surface area contributed by atoms with Crippen LogP contribution in [-0.2, 0) is 10.0 Å². The van der Waals surface area contributed by atoms with Gasteiger partial charge in [-0.1, -0.05) is 0 Å². The van der Waals surface area contributed by atoms with Crippen LogP contribution in [0.1, 0.15) is 23.2 Å². The van der Waals surface area contributed by atoms with Gasteiger partial charge in [0, 0.05) is 18.7 Å². The number of carbonyl (C=O) groups is 1. The number of primary sulfonamides is 1. The van der Waals surface area contributed by atoms with Crippen LogP contribution in [0, 0.1) is 0 Å². The number of likely N-dealkylation sites (tertiary alicyclic amines) is 1. The smallest absolute Gasteiger partial charge is 0.254 e. The van der Waals surface area contributed by atoms with Crippen molar-refractivity contribution >= 4 is 31.9 Å². The van der Waals surface area contributed by atoms with E-state index in [0.29, 0.717) is 29.4 Å². The number of halogens is 1. The lowest BCUT2D eigenvalue weighted by molar-refractivity contribution is 0.0726. The Kier molecular flexibility index (Phi) is 4.36. The number of hydrogen-bond acceptors (Lipinski definition) is 4. The predicted octanol–water partition coefficient (Wildman–Crippen LogP) is 1.05. The molecule has 6 nitrogen and oxygen atoms in total. The fraction of sp³-hybridized carbons (Fsp3) is 0.417. The number of amides is 1. The first kappa shape index (κ1) is 15.3. The number of phenols is 1. The quantitative estimate of drug-likeness (QED) is 0.820. The number of benzene rings is 1. The number of sulfonamides is 1. The van der Waals surface area contributed by atoms with Gasteiger partial charge in [0.15, 0.2) is 0 Å². The van der Waals surface area contributed by atoms with E-state index in [1.165, 1.54) is 11.0 Å². The van der Waals surface area contributed by atoms with Gasteiger partial charge < -0.3 is 10.0 Å².